The zero-order chi connectivity index (χ0) is 20.8. The summed E-state index contributed by atoms with van der Waals surface area (Å²) in [5.74, 6) is 1.99. The number of anilines is 2. The fourth-order valence-electron chi connectivity index (χ4n) is 3.43. The number of rotatable bonds is 6. The van der Waals surface area contributed by atoms with Crippen molar-refractivity contribution >= 4 is 29.3 Å². The Bertz CT molecular complexity index is 925. The molecule has 3 rings (SSSR count). The third-order valence-corrected chi connectivity index (χ3v) is 4.92. The second-order valence-corrected chi connectivity index (χ2v) is 7.18. The number of carbonyl (C=O) groups is 1. The molecule has 0 aliphatic carbocycles. The van der Waals surface area contributed by atoms with Crippen LogP contribution < -0.4 is 10.6 Å². The van der Waals surface area contributed by atoms with E-state index in [1.807, 2.05) is 30.0 Å². The number of allylic oxidation sites excluding steroid dienone is 1. The highest BCUT2D eigenvalue weighted by Crippen LogP contribution is 2.28. The van der Waals surface area contributed by atoms with E-state index in [0.29, 0.717) is 29.6 Å². The molecule has 0 saturated carbocycles. The average Bonchev–Trinajstić information content (AvgIpc) is 2.72. The van der Waals surface area contributed by atoms with E-state index in [9.17, 15) is 4.79 Å². The third kappa shape index (κ3) is 5.16. The standard InChI is InChI=1S/C21H27N7O/c1-14-6-7-24-19(9-14)26-20-10-18(16-5-4-8-28(13-16)15(2)29)25-21(27-20)17(11-22)12-23-3/h6-7,9-12,16,22-23H,4-5,8,13H2,1-3H3,(H,24,25,26,27)/b17-12+,22-11?. The van der Waals surface area contributed by atoms with Gasteiger partial charge in [-0.3, -0.25) is 4.79 Å². The van der Waals surface area contributed by atoms with Crippen LogP contribution in [0.25, 0.3) is 5.57 Å². The number of pyridine rings is 1. The van der Waals surface area contributed by atoms with E-state index in [2.05, 4.69) is 20.6 Å². The Balaban J connectivity index is 1.99. The number of aromatic nitrogens is 3. The molecule has 0 radical (unpaired) electrons. The van der Waals surface area contributed by atoms with Gasteiger partial charge in [-0.1, -0.05) is 0 Å². The fourth-order valence-corrected chi connectivity index (χ4v) is 3.43. The molecule has 1 saturated heterocycles. The van der Waals surface area contributed by atoms with Crippen molar-refractivity contribution in [2.45, 2.75) is 32.6 Å². The zero-order valence-electron chi connectivity index (χ0n) is 17.1. The van der Waals surface area contributed by atoms with E-state index < -0.39 is 0 Å². The molecule has 0 spiro atoms. The van der Waals surface area contributed by atoms with Gasteiger partial charge in [0, 0.05) is 57.7 Å². The molecule has 1 aliphatic heterocycles. The molecule has 1 aliphatic rings. The molecule has 1 atom stereocenters. The molecule has 152 valence electrons. The smallest absolute Gasteiger partial charge is 0.219 e. The van der Waals surface area contributed by atoms with Crippen LogP contribution in [-0.2, 0) is 4.79 Å². The van der Waals surface area contributed by atoms with Crippen LogP contribution in [-0.4, -0.2) is 52.1 Å². The van der Waals surface area contributed by atoms with E-state index in [4.69, 9.17) is 10.4 Å². The predicted molar refractivity (Wildman–Crippen MR) is 114 cm³/mol. The van der Waals surface area contributed by atoms with Crippen molar-refractivity contribution in [3.63, 3.8) is 0 Å². The Morgan fingerprint density at radius 1 is 1.31 bits per heavy atom. The number of likely N-dealkylation sites (tertiary alicyclic amines) is 1. The van der Waals surface area contributed by atoms with Crippen molar-refractivity contribution in [1.29, 1.82) is 5.41 Å². The lowest BCUT2D eigenvalue weighted by molar-refractivity contribution is -0.130. The van der Waals surface area contributed by atoms with Gasteiger partial charge in [-0.2, -0.15) is 0 Å². The van der Waals surface area contributed by atoms with Crippen LogP contribution in [0.15, 0.2) is 30.6 Å². The lowest BCUT2D eigenvalue weighted by Gasteiger charge is -2.32. The minimum Gasteiger partial charge on any atom is -0.393 e. The first-order chi connectivity index (χ1) is 14.0. The van der Waals surface area contributed by atoms with Crippen LogP contribution in [0.4, 0.5) is 11.6 Å². The van der Waals surface area contributed by atoms with Crippen LogP contribution in [0.2, 0.25) is 0 Å². The molecule has 1 fully saturated rings. The largest absolute Gasteiger partial charge is 0.393 e. The van der Waals surface area contributed by atoms with E-state index in [0.717, 1.165) is 30.6 Å². The second kappa shape index (κ2) is 9.27. The summed E-state index contributed by atoms with van der Waals surface area (Å²) >= 11 is 0. The van der Waals surface area contributed by atoms with Gasteiger partial charge in [-0.25, -0.2) is 15.0 Å². The van der Waals surface area contributed by atoms with Crippen LogP contribution in [0.1, 0.15) is 42.8 Å². The maximum Gasteiger partial charge on any atom is 0.219 e. The van der Waals surface area contributed by atoms with Crippen LogP contribution >= 0.6 is 0 Å². The molecule has 3 heterocycles. The number of amides is 1. The molecular weight excluding hydrogens is 366 g/mol. The Morgan fingerprint density at radius 2 is 2.14 bits per heavy atom. The number of nitrogens with zero attached hydrogens (tertiary/aromatic N) is 4. The SMILES string of the molecule is CN/C=C(\C=N)c1nc(Nc2cc(C)ccn2)cc(C2CCCN(C(C)=O)C2)n1. The van der Waals surface area contributed by atoms with Gasteiger partial charge < -0.3 is 20.9 Å². The van der Waals surface area contributed by atoms with Gasteiger partial charge in [0.15, 0.2) is 5.82 Å². The number of piperidine rings is 1. The number of aryl methyl sites for hydroxylation is 1. The van der Waals surface area contributed by atoms with Gasteiger partial charge in [0.25, 0.3) is 0 Å². The topological polar surface area (TPSA) is 107 Å². The molecule has 2 aromatic heterocycles. The minimum atomic E-state index is 0.0848. The first kappa shape index (κ1) is 20.4. The number of nitrogens with one attached hydrogen (secondary N) is 3. The summed E-state index contributed by atoms with van der Waals surface area (Å²) in [7, 11) is 1.77. The van der Waals surface area contributed by atoms with E-state index in [1.165, 1.54) is 6.21 Å². The Labute approximate surface area is 171 Å². The van der Waals surface area contributed by atoms with Gasteiger partial charge in [0.1, 0.15) is 11.6 Å². The summed E-state index contributed by atoms with van der Waals surface area (Å²) in [6.07, 6.45) is 6.57. The zero-order valence-corrected chi connectivity index (χ0v) is 17.1. The highest BCUT2D eigenvalue weighted by molar-refractivity contribution is 6.06. The molecule has 29 heavy (non-hydrogen) atoms. The molecule has 3 N–H and O–H groups in total. The molecule has 8 heteroatoms. The summed E-state index contributed by atoms with van der Waals surface area (Å²) in [6, 6.07) is 5.80. The molecule has 2 aromatic rings. The average molecular weight is 393 g/mol. The first-order valence-electron chi connectivity index (χ1n) is 9.72. The van der Waals surface area contributed by atoms with Gasteiger partial charge in [-0.05, 0) is 37.5 Å². The van der Waals surface area contributed by atoms with Gasteiger partial charge in [0.05, 0.1) is 11.3 Å². The quantitative estimate of drug-likeness (QED) is 0.652. The lowest BCUT2D eigenvalue weighted by Crippen LogP contribution is -2.38. The summed E-state index contributed by atoms with van der Waals surface area (Å²) in [5, 5.41) is 13.9. The van der Waals surface area contributed by atoms with Crippen molar-refractivity contribution in [3.8, 4) is 0 Å². The van der Waals surface area contributed by atoms with Gasteiger partial charge in [0.2, 0.25) is 5.91 Å². The number of hydrogen-bond donors (Lipinski definition) is 3. The Kier molecular flexibility index (Phi) is 6.54. The third-order valence-electron chi connectivity index (χ3n) is 4.92. The summed E-state index contributed by atoms with van der Waals surface area (Å²) in [5.41, 5.74) is 2.53. The second-order valence-electron chi connectivity index (χ2n) is 7.18. The number of hydrogen-bond acceptors (Lipinski definition) is 7. The summed E-state index contributed by atoms with van der Waals surface area (Å²) in [4.78, 5) is 27.4. The maximum absolute atomic E-state index is 11.8. The van der Waals surface area contributed by atoms with E-state index in [-0.39, 0.29) is 11.8 Å². The van der Waals surface area contributed by atoms with Gasteiger partial charge >= 0.3 is 0 Å². The molecule has 1 unspecified atom stereocenters. The Hall–Kier alpha value is -3.29. The van der Waals surface area contributed by atoms with Crippen LogP contribution in [0, 0.1) is 12.3 Å². The van der Waals surface area contributed by atoms with E-state index >= 15 is 0 Å². The molecule has 0 aromatic carbocycles. The minimum absolute atomic E-state index is 0.0848. The first-order valence-corrected chi connectivity index (χ1v) is 9.72. The molecule has 8 nitrogen and oxygen atoms in total. The fraction of sp³-hybridized carbons (Fsp3) is 0.381. The van der Waals surface area contributed by atoms with E-state index in [1.54, 1.807) is 26.4 Å². The van der Waals surface area contributed by atoms with Crippen molar-refractivity contribution in [2.75, 3.05) is 25.5 Å². The lowest BCUT2D eigenvalue weighted by atomic mass is 9.94. The highest BCUT2D eigenvalue weighted by Gasteiger charge is 2.25. The maximum atomic E-state index is 11.8. The molecule has 1 amide bonds. The number of carbonyl (C=O) groups excluding carboxylic acids is 1. The highest BCUT2D eigenvalue weighted by atomic mass is 16.2. The van der Waals surface area contributed by atoms with Crippen molar-refractivity contribution in [2.24, 2.45) is 0 Å². The Morgan fingerprint density at radius 3 is 2.83 bits per heavy atom. The van der Waals surface area contributed by atoms with Gasteiger partial charge in [-0.15, -0.1) is 0 Å². The van der Waals surface area contributed by atoms with Crippen molar-refractivity contribution in [3.05, 3.63) is 47.7 Å². The summed E-state index contributed by atoms with van der Waals surface area (Å²) in [6.45, 7) is 5.04. The molecular formula is C21H27N7O. The van der Waals surface area contributed by atoms with Crippen LogP contribution in [0.3, 0.4) is 0 Å². The predicted octanol–water partition coefficient (Wildman–Crippen LogP) is 2.86. The van der Waals surface area contributed by atoms with Crippen molar-refractivity contribution in [1.82, 2.24) is 25.2 Å². The normalized spacial score (nSPS) is 17.0. The monoisotopic (exact) mass is 393 g/mol. The molecule has 0 bridgehead atoms. The van der Waals surface area contributed by atoms with Crippen LogP contribution in [0.5, 0.6) is 0 Å². The summed E-state index contributed by atoms with van der Waals surface area (Å²) < 4.78 is 0. The van der Waals surface area contributed by atoms with Crippen molar-refractivity contribution < 1.29 is 4.79 Å².